The van der Waals surface area contributed by atoms with E-state index in [1.165, 1.54) is 0 Å². The molecule has 6 nitrogen and oxygen atoms in total. The first kappa shape index (κ1) is 21.4. The van der Waals surface area contributed by atoms with Gasteiger partial charge in [0.1, 0.15) is 30.5 Å². The Morgan fingerprint density at radius 2 is 1.62 bits per heavy atom. The number of aromatic nitrogens is 2. The number of amides is 1. The van der Waals surface area contributed by atoms with E-state index in [2.05, 4.69) is 20.9 Å². The summed E-state index contributed by atoms with van der Waals surface area (Å²) in [5, 5.41) is 3.00. The molecule has 0 saturated carbocycles. The zero-order chi connectivity index (χ0) is 22.2. The molecule has 3 aromatic carbocycles. The number of imidazole rings is 1. The van der Waals surface area contributed by atoms with Gasteiger partial charge in [-0.05, 0) is 49.7 Å². The van der Waals surface area contributed by atoms with Crippen LogP contribution >= 0.6 is 0 Å². The van der Waals surface area contributed by atoms with Gasteiger partial charge in [0.2, 0.25) is 0 Å². The molecule has 4 rings (SSSR count). The predicted molar refractivity (Wildman–Crippen MR) is 125 cm³/mol. The topological polar surface area (TPSA) is 65.4 Å². The number of aryl methyl sites for hydroxylation is 2. The molecule has 0 radical (unpaired) electrons. The van der Waals surface area contributed by atoms with Crippen molar-refractivity contribution in [2.75, 3.05) is 19.8 Å². The van der Waals surface area contributed by atoms with Gasteiger partial charge in [-0.3, -0.25) is 4.79 Å². The highest BCUT2D eigenvalue weighted by Gasteiger charge is 2.12. The maximum Gasteiger partial charge on any atom is 0.255 e. The van der Waals surface area contributed by atoms with Crippen molar-refractivity contribution in [2.24, 2.45) is 0 Å². The maximum absolute atomic E-state index is 12.7. The summed E-state index contributed by atoms with van der Waals surface area (Å²) in [7, 11) is 0. The largest absolute Gasteiger partial charge is 0.490 e. The summed E-state index contributed by atoms with van der Waals surface area (Å²) in [6.07, 6.45) is 0.806. The highest BCUT2D eigenvalue weighted by molar-refractivity contribution is 5.96. The summed E-state index contributed by atoms with van der Waals surface area (Å²) in [4.78, 5) is 17.3. The molecule has 0 aliphatic rings. The number of nitrogens with zero attached hydrogens (tertiary/aromatic N) is 2. The van der Waals surface area contributed by atoms with Crippen LogP contribution in [0.3, 0.4) is 0 Å². The first-order valence-electron chi connectivity index (χ1n) is 10.8. The second-order valence-corrected chi connectivity index (χ2v) is 7.41. The number of nitrogens with one attached hydrogen (secondary N) is 1. The zero-order valence-corrected chi connectivity index (χ0v) is 18.2. The highest BCUT2D eigenvalue weighted by Crippen LogP contribution is 2.19. The van der Waals surface area contributed by atoms with Gasteiger partial charge in [-0.25, -0.2) is 4.98 Å². The lowest BCUT2D eigenvalue weighted by Gasteiger charge is -2.13. The number of hydrogen-bond acceptors (Lipinski definition) is 4. The molecule has 0 atom stereocenters. The summed E-state index contributed by atoms with van der Waals surface area (Å²) >= 11 is 0. The molecule has 1 heterocycles. The van der Waals surface area contributed by atoms with E-state index in [1.54, 1.807) is 12.1 Å². The lowest BCUT2D eigenvalue weighted by molar-refractivity contribution is 0.0947. The molecule has 6 heteroatoms. The molecule has 164 valence electrons. The van der Waals surface area contributed by atoms with Crippen molar-refractivity contribution in [2.45, 2.75) is 19.9 Å². The number of hydrogen-bond donors (Lipinski definition) is 1. The summed E-state index contributed by atoms with van der Waals surface area (Å²) < 4.78 is 13.6. The van der Waals surface area contributed by atoms with Gasteiger partial charge in [-0.1, -0.05) is 42.5 Å². The SMILES string of the molecule is Cc1nc2ccccc2n1CCCNC(=O)c1ccccc1OCCOc1ccccc1. The van der Waals surface area contributed by atoms with Crippen LogP contribution in [0.25, 0.3) is 11.0 Å². The van der Waals surface area contributed by atoms with Gasteiger partial charge in [0.05, 0.1) is 16.6 Å². The quantitative estimate of drug-likeness (QED) is 0.374. The Hall–Kier alpha value is -3.80. The van der Waals surface area contributed by atoms with Crippen LogP contribution in [0, 0.1) is 6.92 Å². The van der Waals surface area contributed by atoms with E-state index < -0.39 is 0 Å². The van der Waals surface area contributed by atoms with Crippen LogP contribution in [0.2, 0.25) is 0 Å². The van der Waals surface area contributed by atoms with E-state index in [0.717, 1.165) is 35.6 Å². The minimum Gasteiger partial charge on any atom is -0.490 e. The summed E-state index contributed by atoms with van der Waals surface area (Å²) in [5.74, 6) is 2.19. The van der Waals surface area contributed by atoms with Crippen LogP contribution in [0.4, 0.5) is 0 Å². The molecule has 4 aromatic rings. The minimum absolute atomic E-state index is 0.142. The first-order valence-corrected chi connectivity index (χ1v) is 10.8. The lowest BCUT2D eigenvalue weighted by atomic mass is 10.2. The molecule has 0 fully saturated rings. The van der Waals surface area contributed by atoms with Crippen LogP contribution in [-0.2, 0) is 6.54 Å². The van der Waals surface area contributed by atoms with Gasteiger partial charge < -0.3 is 19.4 Å². The van der Waals surface area contributed by atoms with E-state index in [-0.39, 0.29) is 5.91 Å². The number of carbonyl (C=O) groups excluding carboxylic acids is 1. The summed E-state index contributed by atoms with van der Waals surface area (Å²) in [6.45, 7) is 4.12. The average Bonchev–Trinajstić information content (AvgIpc) is 3.15. The molecule has 1 aromatic heterocycles. The second-order valence-electron chi connectivity index (χ2n) is 7.41. The number of benzene rings is 3. The number of carbonyl (C=O) groups is 1. The zero-order valence-electron chi connectivity index (χ0n) is 18.2. The van der Waals surface area contributed by atoms with E-state index in [9.17, 15) is 4.79 Å². The molecule has 0 saturated heterocycles. The van der Waals surface area contributed by atoms with E-state index >= 15 is 0 Å². The summed E-state index contributed by atoms with van der Waals surface area (Å²) in [6, 6.07) is 25.0. The fraction of sp³-hybridized carbons (Fsp3) is 0.231. The number of rotatable bonds is 10. The Morgan fingerprint density at radius 1 is 0.906 bits per heavy atom. The Morgan fingerprint density at radius 3 is 2.50 bits per heavy atom. The third-order valence-corrected chi connectivity index (χ3v) is 5.17. The molecule has 0 bridgehead atoms. The molecular formula is C26H27N3O3. The molecule has 1 amide bonds. The van der Waals surface area contributed by atoms with Crippen molar-refractivity contribution in [1.82, 2.24) is 14.9 Å². The molecule has 32 heavy (non-hydrogen) atoms. The van der Waals surface area contributed by atoms with Crippen molar-refractivity contribution in [1.29, 1.82) is 0 Å². The first-order chi connectivity index (χ1) is 15.7. The van der Waals surface area contributed by atoms with Gasteiger partial charge in [0.15, 0.2) is 0 Å². The van der Waals surface area contributed by atoms with Crippen LogP contribution in [-0.4, -0.2) is 35.2 Å². The minimum atomic E-state index is -0.142. The number of ether oxygens (including phenoxy) is 2. The van der Waals surface area contributed by atoms with Crippen LogP contribution < -0.4 is 14.8 Å². The maximum atomic E-state index is 12.7. The molecular weight excluding hydrogens is 402 g/mol. The number of fused-ring (bicyclic) bond motifs is 1. The fourth-order valence-electron chi connectivity index (χ4n) is 3.62. The van der Waals surface area contributed by atoms with Gasteiger partial charge in [0, 0.05) is 13.1 Å². The van der Waals surface area contributed by atoms with Crippen LogP contribution in [0.5, 0.6) is 11.5 Å². The molecule has 1 N–H and O–H groups in total. The van der Waals surface area contributed by atoms with Gasteiger partial charge in [0.25, 0.3) is 5.91 Å². The standard InChI is InChI=1S/C26H27N3O3/c1-20-28-23-13-6-7-14-24(23)29(20)17-9-16-27-26(30)22-12-5-8-15-25(22)32-19-18-31-21-10-3-2-4-11-21/h2-8,10-15H,9,16-19H2,1H3,(H,27,30). The smallest absolute Gasteiger partial charge is 0.255 e. The fourth-order valence-corrected chi connectivity index (χ4v) is 3.62. The van der Waals surface area contributed by atoms with E-state index in [0.29, 0.717) is 31.1 Å². The third-order valence-electron chi connectivity index (χ3n) is 5.17. The van der Waals surface area contributed by atoms with Crippen LogP contribution in [0.15, 0.2) is 78.9 Å². The molecule has 0 aliphatic heterocycles. The van der Waals surface area contributed by atoms with Gasteiger partial charge in [-0.2, -0.15) is 0 Å². The van der Waals surface area contributed by atoms with Crippen LogP contribution in [0.1, 0.15) is 22.6 Å². The third kappa shape index (κ3) is 5.27. The monoisotopic (exact) mass is 429 g/mol. The average molecular weight is 430 g/mol. The van der Waals surface area contributed by atoms with Crippen molar-refractivity contribution >= 4 is 16.9 Å². The van der Waals surface area contributed by atoms with Gasteiger partial charge >= 0.3 is 0 Å². The molecule has 0 spiro atoms. The Bertz CT molecular complexity index is 1170. The van der Waals surface area contributed by atoms with E-state index in [1.807, 2.05) is 67.6 Å². The molecule has 0 unspecified atom stereocenters. The summed E-state index contributed by atoms with van der Waals surface area (Å²) in [5.41, 5.74) is 2.64. The highest BCUT2D eigenvalue weighted by atomic mass is 16.5. The second kappa shape index (κ2) is 10.5. The van der Waals surface area contributed by atoms with E-state index in [4.69, 9.17) is 9.47 Å². The van der Waals surface area contributed by atoms with Crippen molar-refractivity contribution in [3.8, 4) is 11.5 Å². The van der Waals surface area contributed by atoms with Gasteiger partial charge in [-0.15, -0.1) is 0 Å². The Balaban J connectivity index is 1.26. The Kier molecular flexibility index (Phi) is 7.02. The Labute approximate surface area is 187 Å². The molecule has 0 aliphatic carbocycles. The number of para-hydroxylation sites is 4. The predicted octanol–water partition coefficient (Wildman–Crippen LogP) is 4.62. The van der Waals surface area contributed by atoms with Crippen molar-refractivity contribution in [3.05, 3.63) is 90.3 Å². The lowest BCUT2D eigenvalue weighted by Crippen LogP contribution is -2.26. The van der Waals surface area contributed by atoms with Crippen molar-refractivity contribution in [3.63, 3.8) is 0 Å². The normalized spacial score (nSPS) is 10.8. The van der Waals surface area contributed by atoms with Crippen molar-refractivity contribution < 1.29 is 14.3 Å².